The molecular weight excluding hydrogens is 565 g/mol. The van der Waals surface area contributed by atoms with E-state index in [0.717, 1.165) is 33.4 Å². The number of fused-ring (bicyclic) bond motifs is 1. The van der Waals surface area contributed by atoms with E-state index < -0.39 is 0 Å². The molecule has 0 bridgehead atoms. The molecule has 0 unspecified atom stereocenters. The molecule has 7 rings (SSSR count). The SMILES string of the molecule is COc1ncccc1-c1cc(C2CC2)cn2cc(CNc3cc([N-]O)ncn3)nc12.Clc1cccc(C2CC2)c1.[K+]. The van der Waals surface area contributed by atoms with E-state index in [4.69, 9.17) is 26.5 Å². The van der Waals surface area contributed by atoms with Crippen LogP contribution in [0.2, 0.25) is 5.02 Å². The van der Waals surface area contributed by atoms with Crippen molar-refractivity contribution < 1.29 is 61.3 Å². The van der Waals surface area contributed by atoms with E-state index in [2.05, 4.69) is 54.5 Å². The van der Waals surface area contributed by atoms with Crippen LogP contribution in [0.15, 0.2) is 73.4 Å². The van der Waals surface area contributed by atoms with E-state index in [0.29, 0.717) is 24.2 Å². The number of rotatable bonds is 8. The summed E-state index contributed by atoms with van der Waals surface area (Å²) in [5, 5.41) is 12.9. The smallest absolute Gasteiger partial charge is 0.481 e. The number of pyridine rings is 2. The molecule has 4 aromatic heterocycles. The first-order valence-corrected chi connectivity index (χ1v) is 13.7. The molecule has 2 N–H and O–H groups in total. The van der Waals surface area contributed by atoms with Crippen molar-refractivity contribution in [3.05, 3.63) is 101 Å². The van der Waals surface area contributed by atoms with E-state index in [1.807, 2.05) is 30.5 Å². The van der Waals surface area contributed by atoms with Crippen molar-refractivity contribution in [3.8, 4) is 17.0 Å². The van der Waals surface area contributed by atoms with Crippen LogP contribution in [0.3, 0.4) is 0 Å². The fraction of sp³-hybridized carbons (Fsp3) is 0.267. The van der Waals surface area contributed by atoms with Crippen molar-refractivity contribution in [2.45, 2.75) is 44.1 Å². The van der Waals surface area contributed by atoms with Gasteiger partial charge in [-0.05, 0) is 90.9 Å². The van der Waals surface area contributed by atoms with Crippen LogP contribution in [0.5, 0.6) is 5.88 Å². The number of ether oxygens (including phenoxy) is 1. The minimum Gasteiger partial charge on any atom is -0.481 e. The molecule has 2 fully saturated rings. The quantitative estimate of drug-likeness (QED) is 0.204. The van der Waals surface area contributed by atoms with Gasteiger partial charge in [-0.1, -0.05) is 23.7 Å². The van der Waals surface area contributed by atoms with Gasteiger partial charge in [-0.15, -0.1) is 0 Å². The molecule has 5 aromatic rings. The molecule has 4 heterocycles. The summed E-state index contributed by atoms with van der Waals surface area (Å²) < 4.78 is 7.56. The fourth-order valence-electron chi connectivity index (χ4n) is 4.71. The Bertz CT molecular complexity index is 1640. The number of anilines is 1. The first-order valence-electron chi connectivity index (χ1n) is 13.3. The van der Waals surface area contributed by atoms with Gasteiger partial charge in [-0.2, -0.15) is 0 Å². The van der Waals surface area contributed by atoms with E-state index in [-0.39, 0.29) is 57.2 Å². The predicted octanol–water partition coefficient (Wildman–Crippen LogP) is 4.30. The van der Waals surface area contributed by atoms with Crippen LogP contribution in [0.1, 0.15) is 54.3 Å². The maximum Gasteiger partial charge on any atom is 1.00 e. The number of halogens is 1. The van der Waals surface area contributed by atoms with Crippen LogP contribution >= 0.6 is 11.6 Å². The Kier molecular flexibility index (Phi) is 9.92. The summed E-state index contributed by atoms with van der Waals surface area (Å²) in [6.45, 7) is 0.464. The third kappa shape index (κ3) is 7.45. The molecule has 204 valence electrons. The van der Waals surface area contributed by atoms with E-state index >= 15 is 0 Å². The molecule has 2 aliphatic rings. The van der Waals surface area contributed by atoms with Crippen molar-refractivity contribution in [1.29, 1.82) is 0 Å². The Labute approximate surface area is 286 Å². The normalized spacial score (nSPS) is 14.0. The zero-order chi connectivity index (χ0) is 27.5. The number of benzene rings is 1. The zero-order valence-electron chi connectivity index (χ0n) is 23.0. The molecule has 0 atom stereocenters. The predicted molar refractivity (Wildman–Crippen MR) is 155 cm³/mol. The second-order valence-corrected chi connectivity index (χ2v) is 10.5. The standard InChI is InChI=1S/C21H20N7O2.C9H9Cl.K/c1-30-21-16(3-2-6-22-21)17-7-14(13-4-5-13)10-28-11-15(26-20(17)28)9-23-18-8-19(27-29)25-12-24-18;10-9-3-1-2-8(6-9)7-4-5-7;/h2-3,6-8,10-13H,4-5,9H2,1H3,(H2-,23,24,25,27,29);1-3,6-7H,4-5H2;/q-1;;+1. The molecule has 2 saturated carbocycles. The molecule has 41 heavy (non-hydrogen) atoms. The van der Waals surface area contributed by atoms with Gasteiger partial charge in [0.05, 0.1) is 19.3 Å². The van der Waals surface area contributed by atoms with Gasteiger partial charge < -0.3 is 30.1 Å². The third-order valence-corrected chi connectivity index (χ3v) is 7.26. The van der Waals surface area contributed by atoms with Crippen LogP contribution in [-0.4, -0.2) is 36.7 Å². The maximum atomic E-state index is 8.88. The second-order valence-electron chi connectivity index (χ2n) is 10.0. The Morgan fingerprint density at radius 1 is 0.976 bits per heavy atom. The van der Waals surface area contributed by atoms with Crippen molar-refractivity contribution in [2.24, 2.45) is 0 Å². The largest absolute Gasteiger partial charge is 1.00 e. The van der Waals surface area contributed by atoms with Crippen molar-refractivity contribution in [1.82, 2.24) is 24.3 Å². The summed E-state index contributed by atoms with van der Waals surface area (Å²) >= 11 is 5.82. The summed E-state index contributed by atoms with van der Waals surface area (Å²) in [6.07, 6.45) is 12.4. The number of nitrogens with zero attached hydrogens (tertiary/aromatic N) is 6. The molecule has 0 saturated heterocycles. The summed E-state index contributed by atoms with van der Waals surface area (Å²) in [4.78, 5) is 17.2. The van der Waals surface area contributed by atoms with Gasteiger partial charge in [0.2, 0.25) is 5.88 Å². The maximum absolute atomic E-state index is 8.88. The van der Waals surface area contributed by atoms with Crippen molar-refractivity contribution in [2.75, 3.05) is 12.4 Å². The number of hydrogen-bond acceptors (Lipinski definition) is 7. The number of nitrogens with one attached hydrogen (secondary N) is 1. The summed E-state index contributed by atoms with van der Waals surface area (Å²) in [5.74, 6) is 2.75. The second kappa shape index (κ2) is 13.6. The summed E-state index contributed by atoms with van der Waals surface area (Å²) in [5.41, 5.74) is 9.41. The number of imidazole rings is 1. The minimum atomic E-state index is 0. The van der Waals surface area contributed by atoms with Crippen molar-refractivity contribution >= 4 is 28.9 Å². The Morgan fingerprint density at radius 2 is 1.78 bits per heavy atom. The van der Waals surface area contributed by atoms with Gasteiger partial charge >= 0.3 is 51.4 Å². The molecule has 2 aliphatic carbocycles. The number of methoxy groups -OCH3 is 1. The molecule has 11 heteroatoms. The molecule has 1 aromatic carbocycles. The summed E-state index contributed by atoms with van der Waals surface area (Å²) in [7, 11) is 1.63. The van der Waals surface area contributed by atoms with Gasteiger partial charge in [0, 0.05) is 41.1 Å². The molecule has 0 spiro atoms. The molecular formula is C30H29ClKN7O2. The molecule has 0 amide bonds. The van der Waals surface area contributed by atoms with E-state index in [9.17, 15) is 0 Å². The molecule has 9 nitrogen and oxygen atoms in total. The van der Waals surface area contributed by atoms with Gasteiger partial charge in [0.15, 0.2) is 0 Å². The zero-order valence-corrected chi connectivity index (χ0v) is 26.9. The van der Waals surface area contributed by atoms with E-state index in [1.54, 1.807) is 19.4 Å². The van der Waals surface area contributed by atoms with Crippen LogP contribution in [0, 0.1) is 0 Å². The van der Waals surface area contributed by atoms with Gasteiger partial charge in [0.25, 0.3) is 0 Å². The Hall–Kier alpha value is -2.57. The molecule has 0 radical (unpaired) electrons. The topological polar surface area (TPSA) is 112 Å². The Morgan fingerprint density at radius 3 is 2.51 bits per heavy atom. The molecule has 0 aliphatic heterocycles. The minimum absolute atomic E-state index is 0. The van der Waals surface area contributed by atoms with Crippen LogP contribution in [-0.2, 0) is 6.54 Å². The fourth-order valence-corrected chi connectivity index (χ4v) is 4.91. The number of aromatic nitrogens is 5. The average Bonchev–Trinajstić information content (AvgIpc) is 3.93. The third-order valence-electron chi connectivity index (χ3n) is 7.03. The van der Waals surface area contributed by atoms with Crippen LogP contribution < -0.4 is 61.4 Å². The van der Waals surface area contributed by atoms with E-state index in [1.165, 1.54) is 43.1 Å². The van der Waals surface area contributed by atoms with Gasteiger partial charge in [-0.3, -0.25) is 0 Å². The van der Waals surface area contributed by atoms with Crippen molar-refractivity contribution in [3.63, 3.8) is 0 Å². The van der Waals surface area contributed by atoms with Crippen LogP contribution in [0.25, 0.3) is 22.3 Å². The first kappa shape index (κ1) is 29.9. The van der Waals surface area contributed by atoms with Gasteiger partial charge in [0.1, 0.15) is 11.5 Å². The average molecular weight is 594 g/mol. The first-order chi connectivity index (χ1) is 19.6. The van der Waals surface area contributed by atoms with Crippen LogP contribution in [0.4, 0.5) is 11.6 Å². The number of hydrogen-bond donors (Lipinski definition) is 2. The Balaban J connectivity index is 0.000000258. The monoisotopic (exact) mass is 593 g/mol. The van der Waals surface area contributed by atoms with Gasteiger partial charge in [-0.25, -0.2) is 15.0 Å². The summed E-state index contributed by atoms with van der Waals surface area (Å²) in [6, 6.07) is 15.9.